The number of rotatable bonds is 6. The fourth-order valence-electron chi connectivity index (χ4n) is 1.19. The van der Waals surface area contributed by atoms with Gasteiger partial charge in [0.15, 0.2) is 0 Å². The van der Waals surface area contributed by atoms with E-state index in [2.05, 4.69) is 5.32 Å². The van der Waals surface area contributed by atoms with Crippen molar-refractivity contribution >= 4 is 23.2 Å². The van der Waals surface area contributed by atoms with Gasteiger partial charge in [-0.2, -0.15) is 11.3 Å². The zero-order valence-corrected chi connectivity index (χ0v) is 9.92. The molecule has 1 heterocycles. The molecule has 0 aromatic carbocycles. The van der Waals surface area contributed by atoms with E-state index < -0.39 is 11.9 Å². The van der Waals surface area contributed by atoms with Gasteiger partial charge >= 0.3 is 5.97 Å². The van der Waals surface area contributed by atoms with E-state index in [9.17, 15) is 9.59 Å². The predicted molar refractivity (Wildman–Crippen MR) is 62.4 cm³/mol. The van der Waals surface area contributed by atoms with Gasteiger partial charge in [0.25, 0.3) is 0 Å². The van der Waals surface area contributed by atoms with Crippen LogP contribution in [-0.4, -0.2) is 23.5 Å². The van der Waals surface area contributed by atoms with Crippen LogP contribution in [0.5, 0.6) is 0 Å². The van der Waals surface area contributed by atoms with Crippen LogP contribution in [0.2, 0.25) is 0 Å². The van der Waals surface area contributed by atoms with Crippen molar-refractivity contribution < 1.29 is 14.7 Å². The van der Waals surface area contributed by atoms with Gasteiger partial charge in [-0.1, -0.05) is 6.92 Å². The molecule has 1 rings (SSSR count). The second-order valence-electron chi connectivity index (χ2n) is 3.69. The van der Waals surface area contributed by atoms with Crippen molar-refractivity contribution in [3.05, 3.63) is 22.4 Å². The number of carboxylic acids is 1. The van der Waals surface area contributed by atoms with Crippen LogP contribution in [0.4, 0.5) is 0 Å². The average molecular weight is 241 g/mol. The normalized spacial score (nSPS) is 12.1. The van der Waals surface area contributed by atoms with Crippen molar-refractivity contribution in [3.63, 3.8) is 0 Å². The summed E-state index contributed by atoms with van der Waals surface area (Å²) < 4.78 is 0. The van der Waals surface area contributed by atoms with E-state index in [-0.39, 0.29) is 5.91 Å². The average Bonchev–Trinajstić information content (AvgIpc) is 2.70. The van der Waals surface area contributed by atoms with E-state index in [0.717, 1.165) is 5.56 Å². The molecule has 1 amide bonds. The summed E-state index contributed by atoms with van der Waals surface area (Å²) in [6, 6.07) is 1.91. The van der Waals surface area contributed by atoms with Crippen LogP contribution in [0, 0.1) is 5.92 Å². The molecule has 0 aliphatic heterocycles. The maximum Gasteiger partial charge on any atom is 0.306 e. The quantitative estimate of drug-likeness (QED) is 0.793. The fourth-order valence-corrected chi connectivity index (χ4v) is 1.86. The second-order valence-corrected chi connectivity index (χ2v) is 4.47. The molecule has 0 spiro atoms. The molecule has 1 atom stereocenters. The molecule has 0 saturated carbocycles. The highest BCUT2D eigenvalue weighted by Crippen LogP contribution is 2.06. The van der Waals surface area contributed by atoms with Crippen molar-refractivity contribution in [3.8, 4) is 0 Å². The van der Waals surface area contributed by atoms with E-state index >= 15 is 0 Å². The van der Waals surface area contributed by atoms with Gasteiger partial charge in [0.2, 0.25) is 5.91 Å². The first-order valence-electron chi connectivity index (χ1n) is 5.10. The van der Waals surface area contributed by atoms with Gasteiger partial charge in [0.05, 0.1) is 12.3 Å². The maximum absolute atomic E-state index is 11.4. The Balaban J connectivity index is 2.18. The minimum atomic E-state index is -0.827. The number of carbonyl (C=O) groups excluding carboxylic acids is 1. The summed E-state index contributed by atoms with van der Waals surface area (Å²) in [5.74, 6) is -1.30. The van der Waals surface area contributed by atoms with E-state index in [4.69, 9.17) is 5.11 Å². The van der Waals surface area contributed by atoms with Crippen molar-refractivity contribution in [2.24, 2.45) is 5.92 Å². The minimum Gasteiger partial charge on any atom is -0.481 e. The third-order valence-corrected chi connectivity index (χ3v) is 3.00. The van der Waals surface area contributed by atoms with E-state index in [1.165, 1.54) is 0 Å². The van der Waals surface area contributed by atoms with Crippen molar-refractivity contribution in [2.45, 2.75) is 19.8 Å². The molecule has 2 N–H and O–H groups in total. The molecule has 0 bridgehead atoms. The second kappa shape index (κ2) is 6.27. The molecule has 0 fully saturated rings. The molecule has 0 aliphatic rings. The van der Waals surface area contributed by atoms with Crippen LogP contribution in [0.3, 0.4) is 0 Å². The molecule has 1 aromatic heterocycles. The topological polar surface area (TPSA) is 66.4 Å². The molecule has 1 aromatic rings. The fraction of sp³-hybridized carbons (Fsp3) is 0.455. The number of nitrogens with one attached hydrogen (secondary N) is 1. The van der Waals surface area contributed by atoms with Gasteiger partial charge in [-0.3, -0.25) is 9.59 Å². The van der Waals surface area contributed by atoms with E-state index in [1.54, 1.807) is 18.3 Å². The Morgan fingerprint density at radius 2 is 2.31 bits per heavy atom. The van der Waals surface area contributed by atoms with Crippen LogP contribution in [-0.2, 0) is 16.0 Å². The van der Waals surface area contributed by atoms with Crippen LogP contribution in [0.25, 0.3) is 0 Å². The molecular formula is C11H15NO3S. The summed E-state index contributed by atoms with van der Waals surface area (Å²) in [6.07, 6.45) is 0.829. The Labute approximate surface area is 98.3 Å². The van der Waals surface area contributed by atoms with Gasteiger partial charge in [-0.25, -0.2) is 0 Å². The molecule has 4 nitrogen and oxygen atoms in total. The number of hydrogen-bond acceptors (Lipinski definition) is 3. The van der Waals surface area contributed by atoms with Crippen molar-refractivity contribution in [1.29, 1.82) is 0 Å². The summed E-state index contributed by atoms with van der Waals surface area (Å²) in [5, 5.41) is 15.2. The summed E-state index contributed by atoms with van der Waals surface area (Å²) >= 11 is 1.56. The monoisotopic (exact) mass is 241 g/mol. The summed E-state index contributed by atoms with van der Waals surface area (Å²) in [6.45, 7) is 2.05. The number of aliphatic carboxylic acids is 1. The van der Waals surface area contributed by atoms with Crippen LogP contribution >= 0.6 is 11.3 Å². The van der Waals surface area contributed by atoms with E-state index in [1.807, 2.05) is 16.8 Å². The molecule has 16 heavy (non-hydrogen) atoms. The summed E-state index contributed by atoms with van der Waals surface area (Å²) in [4.78, 5) is 21.9. The molecule has 0 saturated heterocycles. The zero-order valence-electron chi connectivity index (χ0n) is 9.10. The Hall–Kier alpha value is -1.36. The lowest BCUT2D eigenvalue weighted by molar-refractivity contribution is -0.141. The van der Waals surface area contributed by atoms with Crippen LogP contribution in [0.15, 0.2) is 16.8 Å². The number of amides is 1. The lowest BCUT2D eigenvalue weighted by Crippen LogP contribution is -2.28. The largest absolute Gasteiger partial charge is 0.481 e. The Morgan fingerprint density at radius 3 is 2.88 bits per heavy atom. The first kappa shape index (κ1) is 12.7. The molecule has 0 radical (unpaired) electrons. The first-order valence-corrected chi connectivity index (χ1v) is 6.04. The number of thiophene rings is 1. The third-order valence-electron chi connectivity index (χ3n) is 2.27. The lowest BCUT2D eigenvalue weighted by Gasteiger charge is -2.07. The SMILES string of the molecule is CC(CCNC(=O)Cc1ccsc1)C(=O)O. The molecule has 1 unspecified atom stereocenters. The predicted octanol–water partition coefficient (Wildman–Crippen LogP) is 1.52. The first-order chi connectivity index (χ1) is 7.59. The smallest absolute Gasteiger partial charge is 0.306 e. The number of hydrogen-bond donors (Lipinski definition) is 2. The highest BCUT2D eigenvalue weighted by molar-refractivity contribution is 7.07. The van der Waals surface area contributed by atoms with Gasteiger partial charge in [-0.05, 0) is 28.8 Å². The van der Waals surface area contributed by atoms with Gasteiger partial charge in [-0.15, -0.1) is 0 Å². The van der Waals surface area contributed by atoms with Gasteiger partial charge < -0.3 is 10.4 Å². The number of carboxylic acid groups (broad SMARTS) is 1. The minimum absolute atomic E-state index is 0.0593. The number of carbonyl (C=O) groups is 2. The maximum atomic E-state index is 11.4. The molecule has 5 heteroatoms. The molecular weight excluding hydrogens is 226 g/mol. The standard InChI is InChI=1S/C11H15NO3S/c1-8(11(14)15)2-4-12-10(13)6-9-3-5-16-7-9/h3,5,7-8H,2,4,6H2,1H3,(H,12,13)(H,14,15). The summed E-state index contributed by atoms with van der Waals surface area (Å²) in [5.41, 5.74) is 0.994. The van der Waals surface area contributed by atoms with Gasteiger partial charge in [0, 0.05) is 6.54 Å². The lowest BCUT2D eigenvalue weighted by atomic mass is 10.1. The van der Waals surface area contributed by atoms with Crippen molar-refractivity contribution in [1.82, 2.24) is 5.32 Å². The van der Waals surface area contributed by atoms with Crippen LogP contribution in [0.1, 0.15) is 18.9 Å². The van der Waals surface area contributed by atoms with Crippen LogP contribution < -0.4 is 5.32 Å². The third kappa shape index (κ3) is 4.44. The Kier molecular flexibility index (Phi) is 4.98. The molecule has 0 aliphatic carbocycles. The Bertz CT molecular complexity index is 348. The van der Waals surface area contributed by atoms with Crippen molar-refractivity contribution in [2.75, 3.05) is 6.54 Å². The molecule has 88 valence electrons. The zero-order chi connectivity index (χ0) is 12.0. The van der Waals surface area contributed by atoms with E-state index in [0.29, 0.717) is 19.4 Å². The highest BCUT2D eigenvalue weighted by Gasteiger charge is 2.10. The summed E-state index contributed by atoms with van der Waals surface area (Å²) in [7, 11) is 0. The highest BCUT2D eigenvalue weighted by atomic mass is 32.1. The Morgan fingerprint density at radius 1 is 1.56 bits per heavy atom. The van der Waals surface area contributed by atoms with Gasteiger partial charge in [0.1, 0.15) is 0 Å².